The molecule has 3 atom stereocenters. The van der Waals surface area contributed by atoms with E-state index in [1.807, 2.05) is 0 Å². The first-order valence-corrected chi connectivity index (χ1v) is 7.92. The Morgan fingerprint density at radius 1 is 1.21 bits per heavy atom. The van der Waals surface area contributed by atoms with Gasteiger partial charge in [0.25, 0.3) is 0 Å². The Bertz CT molecular complexity index is 426. The maximum atomic E-state index is 4.45. The van der Waals surface area contributed by atoms with Crippen LogP contribution in [0.25, 0.3) is 0 Å². The third-order valence-electron chi connectivity index (χ3n) is 4.71. The number of hydrogen-bond donors (Lipinski definition) is 1. The Hall–Kier alpha value is -0.900. The average Bonchev–Trinajstić information content (AvgIpc) is 2.90. The number of aryl methyl sites for hydroxylation is 1. The van der Waals surface area contributed by atoms with Gasteiger partial charge in [0.15, 0.2) is 0 Å². The van der Waals surface area contributed by atoms with E-state index < -0.39 is 0 Å². The van der Waals surface area contributed by atoms with Gasteiger partial charge in [0.1, 0.15) is 11.6 Å². The van der Waals surface area contributed by atoms with Gasteiger partial charge >= 0.3 is 0 Å². The summed E-state index contributed by atoms with van der Waals surface area (Å²) in [4.78, 5) is 0. The van der Waals surface area contributed by atoms with Gasteiger partial charge in [0.05, 0.1) is 6.04 Å². The van der Waals surface area contributed by atoms with E-state index in [-0.39, 0.29) is 0 Å². The Balaban J connectivity index is 1.69. The molecule has 1 aromatic heterocycles. The summed E-state index contributed by atoms with van der Waals surface area (Å²) in [5, 5.41) is 12.6. The van der Waals surface area contributed by atoms with Crippen LogP contribution in [0.15, 0.2) is 0 Å². The van der Waals surface area contributed by atoms with Crippen molar-refractivity contribution in [1.29, 1.82) is 0 Å². The van der Waals surface area contributed by atoms with Crippen LogP contribution in [0.4, 0.5) is 0 Å². The van der Waals surface area contributed by atoms with Crippen molar-refractivity contribution in [2.24, 2.45) is 5.92 Å². The lowest BCUT2D eigenvalue weighted by atomic mass is 10.1. The second kappa shape index (κ2) is 5.61. The molecule has 106 valence electrons. The van der Waals surface area contributed by atoms with Crippen LogP contribution in [0.2, 0.25) is 0 Å². The summed E-state index contributed by atoms with van der Waals surface area (Å²) < 4.78 is 2.36. The van der Waals surface area contributed by atoms with Crippen molar-refractivity contribution >= 4 is 0 Å². The minimum absolute atomic E-state index is 0.328. The molecule has 3 rings (SSSR count). The lowest BCUT2D eigenvalue weighted by Gasteiger charge is -2.19. The van der Waals surface area contributed by atoms with E-state index in [0.29, 0.717) is 12.1 Å². The van der Waals surface area contributed by atoms with Crippen LogP contribution in [0, 0.1) is 5.92 Å². The SMILES string of the molecule is CC1CCC(NC(C)c2nnc3n2CCCCC3)C1. The van der Waals surface area contributed by atoms with Gasteiger partial charge in [-0.3, -0.25) is 0 Å². The van der Waals surface area contributed by atoms with Crippen LogP contribution in [-0.4, -0.2) is 20.8 Å². The van der Waals surface area contributed by atoms with Crippen LogP contribution in [0.3, 0.4) is 0 Å². The van der Waals surface area contributed by atoms with Gasteiger partial charge in [0, 0.05) is 19.0 Å². The summed E-state index contributed by atoms with van der Waals surface area (Å²) in [5.41, 5.74) is 0. The first-order chi connectivity index (χ1) is 9.24. The molecule has 1 aliphatic carbocycles. The second-order valence-corrected chi connectivity index (χ2v) is 6.44. The van der Waals surface area contributed by atoms with E-state index in [4.69, 9.17) is 0 Å². The van der Waals surface area contributed by atoms with Crippen molar-refractivity contribution in [2.75, 3.05) is 0 Å². The highest BCUT2D eigenvalue weighted by Crippen LogP contribution is 2.27. The van der Waals surface area contributed by atoms with Gasteiger partial charge in [0.2, 0.25) is 0 Å². The van der Waals surface area contributed by atoms with Crippen LogP contribution in [-0.2, 0) is 13.0 Å². The first-order valence-electron chi connectivity index (χ1n) is 7.92. The molecule has 2 aliphatic rings. The molecule has 0 amide bonds. The van der Waals surface area contributed by atoms with Crippen LogP contribution >= 0.6 is 0 Å². The number of rotatable bonds is 3. The Morgan fingerprint density at radius 2 is 2.11 bits per heavy atom. The topological polar surface area (TPSA) is 42.7 Å². The second-order valence-electron chi connectivity index (χ2n) is 6.44. The number of nitrogens with zero attached hydrogens (tertiary/aromatic N) is 3. The Labute approximate surface area is 116 Å². The molecule has 0 aromatic carbocycles. The summed E-state index contributed by atoms with van der Waals surface area (Å²) >= 11 is 0. The van der Waals surface area contributed by atoms with Crippen molar-refractivity contribution in [3.63, 3.8) is 0 Å². The number of nitrogens with one attached hydrogen (secondary N) is 1. The summed E-state index contributed by atoms with van der Waals surface area (Å²) in [7, 11) is 0. The summed E-state index contributed by atoms with van der Waals surface area (Å²) in [6.45, 7) is 5.70. The summed E-state index contributed by atoms with van der Waals surface area (Å²) in [6, 6.07) is 0.998. The van der Waals surface area contributed by atoms with Crippen molar-refractivity contribution in [1.82, 2.24) is 20.1 Å². The Morgan fingerprint density at radius 3 is 2.89 bits per heavy atom. The van der Waals surface area contributed by atoms with Gasteiger partial charge in [-0.15, -0.1) is 10.2 Å². The van der Waals surface area contributed by atoms with Crippen molar-refractivity contribution in [3.05, 3.63) is 11.6 Å². The zero-order valence-corrected chi connectivity index (χ0v) is 12.2. The summed E-state index contributed by atoms with van der Waals surface area (Å²) in [5.74, 6) is 3.22. The van der Waals surface area contributed by atoms with Crippen molar-refractivity contribution < 1.29 is 0 Å². The average molecular weight is 262 g/mol. The quantitative estimate of drug-likeness (QED) is 0.911. The molecule has 4 nitrogen and oxygen atoms in total. The van der Waals surface area contributed by atoms with E-state index in [1.54, 1.807) is 0 Å². The number of fused-ring (bicyclic) bond motifs is 1. The van der Waals surface area contributed by atoms with Gasteiger partial charge in [-0.2, -0.15) is 0 Å². The van der Waals surface area contributed by atoms with E-state index >= 15 is 0 Å². The number of hydrogen-bond acceptors (Lipinski definition) is 3. The van der Waals surface area contributed by atoms with Crippen LogP contribution in [0.1, 0.15) is 70.1 Å². The molecule has 4 heteroatoms. The molecule has 0 saturated heterocycles. The zero-order chi connectivity index (χ0) is 13.2. The predicted octanol–water partition coefficient (Wildman–Crippen LogP) is 2.84. The minimum atomic E-state index is 0.328. The molecule has 2 heterocycles. The first kappa shape index (κ1) is 13.1. The monoisotopic (exact) mass is 262 g/mol. The molecule has 1 aromatic rings. The largest absolute Gasteiger partial charge is 0.314 e. The molecule has 19 heavy (non-hydrogen) atoms. The third-order valence-corrected chi connectivity index (χ3v) is 4.71. The van der Waals surface area contributed by atoms with Crippen molar-refractivity contribution in [2.45, 2.75) is 77.4 Å². The van der Waals surface area contributed by atoms with Crippen LogP contribution in [0.5, 0.6) is 0 Å². The molecular weight excluding hydrogens is 236 g/mol. The zero-order valence-electron chi connectivity index (χ0n) is 12.2. The van der Waals surface area contributed by atoms with Gasteiger partial charge in [-0.05, 0) is 44.9 Å². The lowest BCUT2D eigenvalue weighted by molar-refractivity contribution is 0.422. The predicted molar refractivity (Wildman–Crippen MR) is 75.9 cm³/mol. The molecule has 1 saturated carbocycles. The molecule has 0 radical (unpaired) electrons. The molecule has 1 fully saturated rings. The van der Waals surface area contributed by atoms with Crippen LogP contribution < -0.4 is 5.32 Å². The fourth-order valence-electron chi connectivity index (χ4n) is 3.61. The lowest BCUT2D eigenvalue weighted by Crippen LogP contribution is -2.31. The number of aromatic nitrogens is 3. The molecule has 0 spiro atoms. The molecule has 1 N–H and O–H groups in total. The standard InChI is InChI=1S/C15H26N4/c1-11-7-8-13(10-11)16-12(2)15-18-17-14-6-4-3-5-9-19(14)15/h11-13,16H,3-10H2,1-2H3. The molecular formula is C15H26N4. The summed E-state index contributed by atoms with van der Waals surface area (Å²) in [6.07, 6.45) is 8.94. The van der Waals surface area contributed by atoms with Crippen molar-refractivity contribution in [3.8, 4) is 0 Å². The van der Waals surface area contributed by atoms with E-state index in [2.05, 4.69) is 33.9 Å². The van der Waals surface area contributed by atoms with Gasteiger partial charge < -0.3 is 9.88 Å². The normalized spacial score (nSPS) is 28.9. The fourth-order valence-corrected chi connectivity index (χ4v) is 3.61. The highest BCUT2D eigenvalue weighted by atomic mass is 15.3. The maximum absolute atomic E-state index is 4.45. The molecule has 1 aliphatic heterocycles. The smallest absolute Gasteiger partial charge is 0.149 e. The van der Waals surface area contributed by atoms with E-state index in [9.17, 15) is 0 Å². The third kappa shape index (κ3) is 2.83. The van der Waals surface area contributed by atoms with E-state index in [1.165, 1.54) is 44.3 Å². The van der Waals surface area contributed by atoms with E-state index in [0.717, 1.165) is 24.7 Å². The molecule has 0 bridgehead atoms. The van der Waals surface area contributed by atoms with Gasteiger partial charge in [-0.1, -0.05) is 13.3 Å². The maximum Gasteiger partial charge on any atom is 0.149 e. The minimum Gasteiger partial charge on any atom is -0.314 e. The van der Waals surface area contributed by atoms with Gasteiger partial charge in [-0.25, -0.2) is 0 Å². The highest BCUT2D eigenvalue weighted by Gasteiger charge is 2.25. The highest BCUT2D eigenvalue weighted by molar-refractivity contribution is 5.02. The molecule has 3 unspecified atom stereocenters. The fraction of sp³-hybridized carbons (Fsp3) is 0.867. The Kier molecular flexibility index (Phi) is 3.87.